The quantitative estimate of drug-likeness (QED) is 0.406. The highest BCUT2D eigenvalue weighted by Crippen LogP contribution is 2.39. The van der Waals surface area contributed by atoms with Crippen LogP contribution in [0.1, 0.15) is 44.4 Å². The van der Waals surface area contributed by atoms with Crippen molar-refractivity contribution in [1.82, 2.24) is 9.88 Å². The molecule has 1 aliphatic carbocycles. The number of ether oxygens (including phenoxy) is 1. The van der Waals surface area contributed by atoms with Gasteiger partial charge in [-0.15, -0.1) is 11.3 Å². The topological polar surface area (TPSA) is 86.0 Å². The van der Waals surface area contributed by atoms with E-state index in [9.17, 15) is 15.3 Å². The molecule has 0 radical (unpaired) electrons. The molecule has 1 aliphatic heterocycles. The average Bonchev–Trinajstić information content (AvgIpc) is 3.31. The van der Waals surface area contributed by atoms with Gasteiger partial charge in [-0.2, -0.15) is 0 Å². The van der Waals surface area contributed by atoms with Gasteiger partial charge in [0.2, 0.25) is 5.88 Å². The fourth-order valence-electron chi connectivity index (χ4n) is 5.03. The zero-order chi connectivity index (χ0) is 24.6. The molecule has 0 amide bonds. The number of likely N-dealkylation sites (tertiary alicyclic amines) is 1. The third-order valence-electron chi connectivity index (χ3n) is 6.99. The van der Waals surface area contributed by atoms with Gasteiger partial charge in [-0.25, -0.2) is 4.98 Å². The van der Waals surface area contributed by atoms with Crippen LogP contribution in [0, 0.1) is 5.92 Å². The Balaban J connectivity index is 1.26. The molecule has 1 unspecified atom stereocenters. The second kappa shape index (κ2) is 10.2. The van der Waals surface area contributed by atoms with E-state index in [1.165, 1.54) is 0 Å². The predicted octanol–water partition coefficient (Wildman–Crippen LogP) is 5.12. The van der Waals surface area contributed by atoms with Gasteiger partial charge in [0.25, 0.3) is 0 Å². The first-order valence-corrected chi connectivity index (χ1v) is 13.3. The molecular formula is C27H31ClN2O4S. The minimum atomic E-state index is -0.728. The Labute approximate surface area is 214 Å². The summed E-state index contributed by atoms with van der Waals surface area (Å²) < 4.78 is 5.89. The molecule has 2 fully saturated rings. The number of benzene rings is 1. The minimum absolute atomic E-state index is 0.277. The lowest BCUT2D eigenvalue weighted by Gasteiger charge is -2.40. The van der Waals surface area contributed by atoms with Crippen LogP contribution in [0.3, 0.4) is 0 Å². The fraction of sp³-hybridized carbons (Fsp3) is 0.444. The molecule has 3 heterocycles. The maximum atomic E-state index is 10.8. The Morgan fingerprint density at radius 1 is 1.17 bits per heavy atom. The van der Waals surface area contributed by atoms with Crippen molar-refractivity contribution in [2.24, 2.45) is 5.92 Å². The number of nitrogens with zero attached hydrogens (tertiary/aromatic N) is 2. The number of aliphatic hydroxyl groups is 3. The van der Waals surface area contributed by atoms with Gasteiger partial charge in [-0.1, -0.05) is 23.7 Å². The van der Waals surface area contributed by atoms with Crippen LogP contribution in [-0.4, -0.2) is 56.6 Å². The summed E-state index contributed by atoms with van der Waals surface area (Å²) in [5.41, 5.74) is 3.22. The number of halogens is 1. The third kappa shape index (κ3) is 5.71. The first-order valence-electron chi connectivity index (χ1n) is 12.1. The van der Waals surface area contributed by atoms with Crippen LogP contribution in [0.15, 0.2) is 48.0 Å². The number of rotatable bonds is 7. The van der Waals surface area contributed by atoms with E-state index < -0.39 is 11.8 Å². The molecule has 6 nitrogen and oxygen atoms in total. The van der Waals surface area contributed by atoms with Crippen molar-refractivity contribution < 1.29 is 20.1 Å². The van der Waals surface area contributed by atoms with Crippen molar-refractivity contribution in [3.63, 3.8) is 0 Å². The monoisotopic (exact) mass is 514 g/mol. The molecule has 5 rings (SSSR count). The molecular weight excluding hydrogens is 484 g/mol. The lowest BCUT2D eigenvalue weighted by molar-refractivity contribution is -0.0694. The summed E-state index contributed by atoms with van der Waals surface area (Å²) in [6.07, 6.45) is 3.62. The highest BCUT2D eigenvalue weighted by Gasteiger charge is 2.38. The Morgan fingerprint density at radius 3 is 2.66 bits per heavy atom. The van der Waals surface area contributed by atoms with Gasteiger partial charge in [0.05, 0.1) is 18.3 Å². The zero-order valence-corrected chi connectivity index (χ0v) is 21.3. The minimum Gasteiger partial charge on any atom is -0.477 e. The first kappa shape index (κ1) is 24.7. The summed E-state index contributed by atoms with van der Waals surface area (Å²) in [7, 11) is 0. The Kier molecular flexibility index (Phi) is 7.17. The number of hydrogen-bond donors (Lipinski definition) is 3. The number of thiophene rings is 1. The summed E-state index contributed by atoms with van der Waals surface area (Å²) in [6, 6.07) is 11.7. The van der Waals surface area contributed by atoms with Crippen LogP contribution in [0.5, 0.6) is 5.88 Å². The van der Waals surface area contributed by atoms with Gasteiger partial charge in [-0.05, 0) is 78.8 Å². The molecule has 2 aliphatic rings. The van der Waals surface area contributed by atoms with E-state index in [1.807, 2.05) is 42.2 Å². The van der Waals surface area contributed by atoms with Crippen LogP contribution >= 0.6 is 22.9 Å². The number of aliphatic hydroxyl groups excluding tert-OH is 2. The zero-order valence-electron chi connectivity index (χ0n) is 19.7. The van der Waals surface area contributed by atoms with Crippen molar-refractivity contribution >= 4 is 22.9 Å². The molecule has 0 spiro atoms. The third-order valence-corrected chi connectivity index (χ3v) is 8.27. The molecule has 3 N–H and O–H groups in total. The van der Waals surface area contributed by atoms with E-state index in [2.05, 4.69) is 16.4 Å². The normalized spacial score (nSPS) is 24.2. The fourth-order valence-corrected chi connectivity index (χ4v) is 6.34. The average molecular weight is 515 g/mol. The molecule has 3 aromatic rings. The largest absolute Gasteiger partial charge is 0.477 e. The summed E-state index contributed by atoms with van der Waals surface area (Å²) >= 11 is 8.27. The number of aromatic nitrogens is 1. The standard InChI is InChI=1S/C27H31ClN2O4S/c1-27(33)13-17(14-27)15-34-25-12-18(4-7-29-25)20-11-24(35-16-20)22-3-2-19(10-23(22)28)26(32)30-8-5-21(31)6-9-30/h2-4,7,10-12,16-17,21,26,31-33H,5-6,8-9,13-15H2,1H3. The predicted molar refractivity (Wildman–Crippen MR) is 139 cm³/mol. The van der Waals surface area contributed by atoms with Crippen LogP contribution in [0.2, 0.25) is 5.02 Å². The molecule has 0 bridgehead atoms. The van der Waals surface area contributed by atoms with E-state index >= 15 is 0 Å². The number of piperidine rings is 1. The molecule has 1 saturated carbocycles. The van der Waals surface area contributed by atoms with Crippen molar-refractivity contribution in [3.8, 4) is 27.4 Å². The second-order valence-electron chi connectivity index (χ2n) is 10.0. The lowest BCUT2D eigenvalue weighted by Crippen LogP contribution is -2.43. The van der Waals surface area contributed by atoms with Crippen molar-refractivity contribution in [2.45, 2.75) is 50.5 Å². The van der Waals surface area contributed by atoms with Gasteiger partial charge < -0.3 is 20.1 Å². The first-order chi connectivity index (χ1) is 16.8. The van der Waals surface area contributed by atoms with Crippen LogP contribution in [0.25, 0.3) is 21.6 Å². The summed E-state index contributed by atoms with van der Waals surface area (Å²) in [4.78, 5) is 7.35. The van der Waals surface area contributed by atoms with Gasteiger partial charge in [0.15, 0.2) is 0 Å². The van der Waals surface area contributed by atoms with Crippen molar-refractivity contribution in [2.75, 3.05) is 19.7 Å². The number of pyridine rings is 1. The van der Waals surface area contributed by atoms with E-state index in [0.717, 1.165) is 40.0 Å². The Morgan fingerprint density at radius 2 is 1.94 bits per heavy atom. The Bertz CT molecular complexity index is 1170. The molecule has 8 heteroatoms. The smallest absolute Gasteiger partial charge is 0.213 e. The molecule has 1 saturated heterocycles. The Hall–Kier alpha value is -2.00. The van der Waals surface area contributed by atoms with E-state index in [0.29, 0.717) is 49.4 Å². The van der Waals surface area contributed by atoms with Gasteiger partial charge >= 0.3 is 0 Å². The van der Waals surface area contributed by atoms with Gasteiger partial charge in [-0.3, -0.25) is 4.90 Å². The SMILES string of the molecule is CC1(O)CC(COc2cc(-c3csc(-c4ccc(C(O)N5CCC(O)CC5)cc4Cl)c3)ccn2)C1. The van der Waals surface area contributed by atoms with Gasteiger partial charge in [0, 0.05) is 40.8 Å². The van der Waals surface area contributed by atoms with E-state index in [4.69, 9.17) is 16.3 Å². The molecule has 1 atom stereocenters. The maximum absolute atomic E-state index is 10.8. The molecule has 2 aromatic heterocycles. The highest BCUT2D eigenvalue weighted by molar-refractivity contribution is 7.14. The molecule has 1 aromatic carbocycles. The van der Waals surface area contributed by atoms with Crippen LogP contribution in [-0.2, 0) is 0 Å². The van der Waals surface area contributed by atoms with E-state index in [-0.39, 0.29) is 6.10 Å². The van der Waals surface area contributed by atoms with E-state index in [1.54, 1.807) is 17.5 Å². The molecule has 35 heavy (non-hydrogen) atoms. The van der Waals surface area contributed by atoms with Crippen LogP contribution in [0.4, 0.5) is 0 Å². The second-order valence-corrected chi connectivity index (χ2v) is 11.4. The molecule has 186 valence electrons. The summed E-state index contributed by atoms with van der Waals surface area (Å²) in [5, 5.41) is 33.1. The van der Waals surface area contributed by atoms with Gasteiger partial charge in [0.1, 0.15) is 6.23 Å². The summed E-state index contributed by atoms with van der Waals surface area (Å²) in [6.45, 7) is 3.75. The summed E-state index contributed by atoms with van der Waals surface area (Å²) in [5.74, 6) is 0.955. The lowest BCUT2D eigenvalue weighted by atomic mass is 9.73. The van der Waals surface area contributed by atoms with Crippen molar-refractivity contribution in [1.29, 1.82) is 0 Å². The number of hydrogen-bond acceptors (Lipinski definition) is 7. The van der Waals surface area contributed by atoms with Crippen LogP contribution < -0.4 is 4.74 Å². The maximum Gasteiger partial charge on any atom is 0.213 e. The van der Waals surface area contributed by atoms with Crippen molar-refractivity contribution in [3.05, 3.63) is 58.6 Å². The highest BCUT2D eigenvalue weighted by atomic mass is 35.5.